The van der Waals surface area contributed by atoms with Crippen molar-refractivity contribution < 1.29 is 26.3 Å². The number of allylic oxidation sites excluding steroid dienone is 1. The largest absolute Gasteiger partial charge is 0.416 e. The molecule has 0 aromatic heterocycles. The highest BCUT2D eigenvalue weighted by atomic mass is 19.4. The first-order valence-corrected chi connectivity index (χ1v) is 10.6. The molecule has 2 aromatic carbocycles. The molecule has 0 saturated carbocycles. The highest BCUT2D eigenvalue weighted by molar-refractivity contribution is 5.72. The van der Waals surface area contributed by atoms with Crippen LogP contribution in [0.3, 0.4) is 0 Å². The number of benzene rings is 2. The Balaban J connectivity index is 1.80. The monoisotopic (exact) mass is 468 g/mol. The molecule has 2 aromatic rings. The summed E-state index contributed by atoms with van der Waals surface area (Å²) >= 11 is 0. The molecule has 2 nitrogen and oxygen atoms in total. The van der Waals surface area contributed by atoms with Crippen molar-refractivity contribution in [2.45, 2.75) is 56.9 Å². The fraction of sp³-hybridized carbons (Fsp3) is 0.440. The zero-order chi connectivity index (χ0) is 24.7. The quantitative estimate of drug-likeness (QED) is 0.411. The maximum atomic E-state index is 13.3. The first-order chi connectivity index (χ1) is 15.0. The molecule has 0 fully saturated rings. The van der Waals surface area contributed by atoms with Gasteiger partial charge >= 0.3 is 12.4 Å². The van der Waals surface area contributed by atoms with Crippen LogP contribution in [0, 0.1) is 0 Å². The minimum atomic E-state index is -4.44. The van der Waals surface area contributed by atoms with Gasteiger partial charge in [-0.25, -0.2) is 0 Å². The average molecular weight is 468 g/mol. The predicted molar refractivity (Wildman–Crippen MR) is 118 cm³/mol. The van der Waals surface area contributed by atoms with E-state index in [0.29, 0.717) is 22.5 Å². The van der Waals surface area contributed by atoms with Gasteiger partial charge in [-0.2, -0.15) is 26.3 Å². The molecule has 178 valence electrons. The van der Waals surface area contributed by atoms with Crippen molar-refractivity contribution in [2.75, 3.05) is 23.9 Å². The number of rotatable bonds is 1. The van der Waals surface area contributed by atoms with Gasteiger partial charge in [-0.15, -0.1) is 0 Å². The lowest BCUT2D eigenvalue weighted by molar-refractivity contribution is -0.138. The molecule has 1 unspecified atom stereocenters. The molecule has 0 aliphatic carbocycles. The maximum Gasteiger partial charge on any atom is 0.416 e. The third kappa shape index (κ3) is 3.49. The van der Waals surface area contributed by atoms with Crippen LogP contribution in [0.2, 0.25) is 0 Å². The van der Waals surface area contributed by atoms with Gasteiger partial charge in [-0.1, -0.05) is 27.7 Å². The van der Waals surface area contributed by atoms with Crippen molar-refractivity contribution in [1.29, 1.82) is 0 Å². The standard InChI is InChI=1S/C25H26F6N2/c1-22(2)16-11-14(24(26,27)28)7-9-18(16)32(5)20(22)13-21-23(3,4)17-12-15(25(29,30)31)8-10-19(17)33(21)6/h7-13,20H,1-6H3/b21-13+. The molecule has 2 heterocycles. The van der Waals surface area contributed by atoms with Gasteiger partial charge in [-0.05, 0) is 53.6 Å². The summed E-state index contributed by atoms with van der Waals surface area (Å²) in [5.41, 5.74) is 0.620. The smallest absolute Gasteiger partial charge is 0.367 e. The minimum absolute atomic E-state index is 0.288. The molecule has 0 radical (unpaired) electrons. The van der Waals surface area contributed by atoms with Crippen molar-refractivity contribution >= 4 is 11.4 Å². The zero-order valence-electron chi connectivity index (χ0n) is 19.3. The van der Waals surface area contributed by atoms with E-state index in [4.69, 9.17) is 0 Å². The Labute approximate surface area is 189 Å². The normalized spacial score (nSPS) is 22.7. The van der Waals surface area contributed by atoms with Gasteiger partial charge in [0, 0.05) is 42.0 Å². The third-order valence-corrected chi connectivity index (χ3v) is 7.23. The first kappa shape index (κ1) is 23.5. The Morgan fingerprint density at radius 3 is 1.76 bits per heavy atom. The maximum absolute atomic E-state index is 13.3. The zero-order valence-corrected chi connectivity index (χ0v) is 19.3. The molecule has 0 bridgehead atoms. The van der Waals surface area contributed by atoms with Crippen LogP contribution in [0.25, 0.3) is 0 Å². The van der Waals surface area contributed by atoms with E-state index in [2.05, 4.69) is 0 Å². The molecule has 0 N–H and O–H groups in total. The number of fused-ring (bicyclic) bond motifs is 2. The Hall–Kier alpha value is -2.64. The van der Waals surface area contributed by atoms with Gasteiger partial charge in [0.1, 0.15) is 0 Å². The molecule has 8 heteroatoms. The average Bonchev–Trinajstić information content (AvgIpc) is 3.00. The van der Waals surface area contributed by atoms with E-state index >= 15 is 0 Å². The van der Waals surface area contributed by atoms with Gasteiger partial charge in [0.2, 0.25) is 0 Å². The summed E-state index contributed by atoms with van der Waals surface area (Å²) in [6, 6.07) is 7.25. The van der Waals surface area contributed by atoms with Gasteiger partial charge < -0.3 is 9.80 Å². The lowest BCUT2D eigenvalue weighted by atomic mass is 9.77. The van der Waals surface area contributed by atoms with Crippen LogP contribution in [-0.2, 0) is 23.2 Å². The number of likely N-dealkylation sites (N-methyl/N-ethyl adjacent to an activating group) is 2. The fourth-order valence-electron chi connectivity index (χ4n) is 5.31. The van der Waals surface area contributed by atoms with Gasteiger partial charge in [-0.3, -0.25) is 0 Å². The van der Waals surface area contributed by atoms with E-state index in [1.54, 1.807) is 0 Å². The van der Waals surface area contributed by atoms with E-state index in [1.165, 1.54) is 24.3 Å². The molecule has 0 amide bonds. The van der Waals surface area contributed by atoms with Crippen LogP contribution in [0.1, 0.15) is 49.9 Å². The number of anilines is 2. The number of nitrogens with zero attached hydrogens (tertiary/aromatic N) is 2. The highest BCUT2D eigenvalue weighted by Crippen LogP contribution is 2.52. The molecule has 2 aliphatic rings. The number of hydrogen-bond acceptors (Lipinski definition) is 2. The van der Waals surface area contributed by atoms with Crippen LogP contribution >= 0.6 is 0 Å². The highest BCUT2D eigenvalue weighted by Gasteiger charge is 2.47. The molecule has 4 rings (SSSR count). The molecular weight excluding hydrogens is 442 g/mol. The number of halogens is 6. The van der Waals surface area contributed by atoms with Crippen LogP contribution < -0.4 is 9.80 Å². The van der Waals surface area contributed by atoms with E-state index < -0.39 is 34.3 Å². The molecule has 0 saturated heterocycles. The van der Waals surface area contributed by atoms with Gasteiger partial charge in [0.05, 0.1) is 17.2 Å². The Kier molecular flexibility index (Phi) is 4.94. The van der Waals surface area contributed by atoms with Gasteiger partial charge in [0.25, 0.3) is 0 Å². The van der Waals surface area contributed by atoms with E-state index in [9.17, 15) is 26.3 Å². The second-order valence-corrected chi connectivity index (χ2v) is 9.97. The minimum Gasteiger partial charge on any atom is -0.367 e. The van der Waals surface area contributed by atoms with E-state index in [1.807, 2.05) is 57.7 Å². The molecule has 33 heavy (non-hydrogen) atoms. The lowest BCUT2D eigenvalue weighted by Crippen LogP contribution is -2.39. The van der Waals surface area contributed by atoms with Crippen LogP contribution in [0.5, 0.6) is 0 Å². The lowest BCUT2D eigenvalue weighted by Gasteiger charge is -2.33. The summed E-state index contributed by atoms with van der Waals surface area (Å²) in [7, 11) is 3.64. The summed E-state index contributed by atoms with van der Waals surface area (Å²) in [4.78, 5) is 3.82. The van der Waals surface area contributed by atoms with E-state index in [-0.39, 0.29) is 6.04 Å². The third-order valence-electron chi connectivity index (χ3n) is 7.23. The molecule has 1 atom stereocenters. The topological polar surface area (TPSA) is 6.48 Å². The summed E-state index contributed by atoms with van der Waals surface area (Å²) < 4.78 is 80.0. The number of alkyl halides is 6. The summed E-state index contributed by atoms with van der Waals surface area (Å²) in [5, 5.41) is 0. The Bertz CT molecular complexity index is 1140. The Morgan fingerprint density at radius 2 is 1.24 bits per heavy atom. The van der Waals surface area contributed by atoms with Crippen molar-refractivity contribution in [3.63, 3.8) is 0 Å². The van der Waals surface area contributed by atoms with Crippen molar-refractivity contribution in [1.82, 2.24) is 0 Å². The molecular formula is C25H26F6N2. The van der Waals surface area contributed by atoms with Crippen LogP contribution in [-0.4, -0.2) is 20.1 Å². The summed E-state index contributed by atoms with van der Waals surface area (Å²) in [6.07, 6.45) is -6.89. The van der Waals surface area contributed by atoms with Crippen molar-refractivity contribution in [2.24, 2.45) is 0 Å². The molecule has 2 aliphatic heterocycles. The second kappa shape index (κ2) is 6.93. The SMILES string of the molecule is CN1/C(=C/C2N(C)c3ccc(C(F)(F)F)cc3C2(C)C)C(C)(C)c2cc(C(F)(F)F)ccc21. The molecule has 0 spiro atoms. The number of hydrogen-bond donors (Lipinski definition) is 0. The summed E-state index contributed by atoms with van der Waals surface area (Å²) in [5.74, 6) is 0. The van der Waals surface area contributed by atoms with Crippen LogP contribution in [0.15, 0.2) is 48.2 Å². The fourth-order valence-corrected chi connectivity index (χ4v) is 5.31. The Morgan fingerprint density at radius 1 is 0.758 bits per heavy atom. The predicted octanol–water partition coefficient (Wildman–Crippen LogP) is 7.13. The first-order valence-electron chi connectivity index (χ1n) is 10.6. The van der Waals surface area contributed by atoms with Crippen LogP contribution in [0.4, 0.5) is 37.7 Å². The van der Waals surface area contributed by atoms with Gasteiger partial charge in [0.15, 0.2) is 0 Å². The van der Waals surface area contributed by atoms with Crippen molar-refractivity contribution in [3.05, 3.63) is 70.4 Å². The summed E-state index contributed by atoms with van der Waals surface area (Å²) in [6.45, 7) is 7.54. The van der Waals surface area contributed by atoms with Crippen molar-refractivity contribution in [3.8, 4) is 0 Å². The van der Waals surface area contributed by atoms with E-state index in [0.717, 1.165) is 17.8 Å². The second-order valence-electron chi connectivity index (χ2n) is 9.97.